The Kier molecular flexibility index (Phi) is 5.11. The van der Waals surface area contributed by atoms with Crippen LogP contribution < -0.4 is 11.1 Å². The Morgan fingerprint density at radius 2 is 2.43 bits per heavy atom. The van der Waals surface area contributed by atoms with Crippen LogP contribution in [0.5, 0.6) is 0 Å². The molecule has 1 unspecified atom stereocenters. The number of oxime groups is 1. The van der Waals surface area contributed by atoms with E-state index >= 15 is 0 Å². The molecule has 6 nitrogen and oxygen atoms in total. The predicted molar refractivity (Wildman–Crippen MR) is 75.8 cm³/mol. The molecule has 0 bridgehead atoms. The molecule has 21 heavy (non-hydrogen) atoms. The molecule has 116 valence electrons. The van der Waals surface area contributed by atoms with Crippen molar-refractivity contribution >= 4 is 5.84 Å². The van der Waals surface area contributed by atoms with E-state index in [1.54, 1.807) is 19.2 Å². The molecule has 0 amide bonds. The highest BCUT2D eigenvalue weighted by Crippen LogP contribution is 2.21. The van der Waals surface area contributed by atoms with E-state index in [-0.39, 0.29) is 17.0 Å². The summed E-state index contributed by atoms with van der Waals surface area (Å²) in [7, 11) is 1.65. The number of ether oxygens (including phenoxy) is 2. The first-order valence-corrected chi connectivity index (χ1v) is 6.71. The van der Waals surface area contributed by atoms with E-state index in [2.05, 4.69) is 10.5 Å². The molecular formula is C14H20FN3O3. The van der Waals surface area contributed by atoms with Crippen molar-refractivity contribution in [3.05, 3.63) is 35.1 Å². The van der Waals surface area contributed by atoms with Gasteiger partial charge in [-0.15, -0.1) is 0 Å². The lowest BCUT2D eigenvalue weighted by atomic mass is 10.0. The molecule has 0 saturated carbocycles. The summed E-state index contributed by atoms with van der Waals surface area (Å²) in [5, 5.41) is 14.6. The van der Waals surface area contributed by atoms with Gasteiger partial charge >= 0.3 is 0 Å². The number of hydrogen-bond acceptors (Lipinski definition) is 5. The molecule has 1 aliphatic rings. The molecule has 0 radical (unpaired) electrons. The third kappa shape index (κ3) is 3.49. The van der Waals surface area contributed by atoms with E-state index in [9.17, 15) is 4.39 Å². The van der Waals surface area contributed by atoms with Gasteiger partial charge in [-0.3, -0.25) is 0 Å². The van der Waals surface area contributed by atoms with Crippen LogP contribution in [0.25, 0.3) is 0 Å². The van der Waals surface area contributed by atoms with Crippen LogP contribution >= 0.6 is 0 Å². The van der Waals surface area contributed by atoms with Gasteiger partial charge in [-0.25, -0.2) is 4.39 Å². The number of methoxy groups -OCH3 is 1. The quantitative estimate of drug-likeness (QED) is 0.313. The summed E-state index contributed by atoms with van der Waals surface area (Å²) in [4.78, 5) is 0. The summed E-state index contributed by atoms with van der Waals surface area (Å²) in [6.07, 6.45) is 0.809. The van der Waals surface area contributed by atoms with Crippen LogP contribution in [0, 0.1) is 5.82 Å². The minimum Gasteiger partial charge on any atom is -0.409 e. The number of halogens is 1. The number of nitrogens with zero attached hydrogens (tertiary/aromatic N) is 1. The topological polar surface area (TPSA) is 89.1 Å². The average molecular weight is 297 g/mol. The van der Waals surface area contributed by atoms with Crippen LogP contribution in [-0.2, 0) is 16.0 Å². The summed E-state index contributed by atoms with van der Waals surface area (Å²) in [5.74, 6) is -0.735. The second-order valence-corrected chi connectivity index (χ2v) is 5.06. The highest BCUT2D eigenvalue weighted by molar-refractivity contribution is 5.97. The number of rotatable bonds is 6. The lowest BCUT2D eigenvalue weighted by Crippen LogP contribution is -2.42. The molecule has 4 N–H and O–H groups in total. The molecule has 7 heteroatoms. The molecular weight excluding hydrogens is 277 g/mol. The first-order chi connectivity index (χ1) is 10.1. The zero-order valence-electron chi connectivity index (χ0n) is 11.9. The van der Waals surface area contributed by atoms with Gasteiger partial charge in [-0.1, -0.05) is 17.3 Å². The lowest BCUT2D eigenvalue weighted by molar-refractivity contribution is -0.0159. The van der Waals surface area contributed by atoms with E-state index in [1.165, 1.54) is 6.07 Å². The number of amidine groups is 1. The SMILES string of the molecule is COC1(CNCc2cccc(/C(N)=N/O)c2F)CCOC1. The van der Waals surface area contributed by atoms with E-state index in [0.717, 1.165) is 6.42 Å². The molecule has 1 aromatic rings. The van der Waals surface area contributed by atoms with Gasteiger partial charge in [-0.05, 0) is 6.07 Å². The highest BCUT2D eigenvalue weighted by Gasteiger charge is 2.34. The summed E-state index contributed by atoms with van der Waals surface area (Å²) in [5.41, 5.74) is 5.62. The van der Waals surface area contributed by atoms with E-state index < -0.39 is 5.82 Å². The molecule has 1 saturated heterocycles. The van der Waals surface area contributed by atoms with Gasteiger partial charge in [0.25, 0.3) is 0 Å². The Morgan fingerprint density at radius 1 is 1.62 bits per heavy atom. The maximum atomic E-state index is 14.2. The third-order valence-corrected chi connectivity index (χ3v) is 3.73. The van der Waals surface area contributed by atoms with Gasteiger partial charge in [-0.2, -0.15) is 0 Å². The van der Waals surface area contributed by atoms with Crippen molar-refractivity contribution in [3.8, 4) is 0 Å². The molecule has 1 fully saturated rings. The van der Waals surface area contributed by atoms with Crippen molar-refractivity contribution in [3.63, 3.8) is 0 Å². The fraction of sp³-hybridized carbons (Fsp3) is 0.500. The largest absolute Gasteiger partial charge is 0.409 e. The third-order valence-electron chi connectivity index (χ3n) is 3.73. The fourth-order valence-corrected chi connectivity index (χ4v) is 2.35. The van der Waals surface area contributed by atoms with Gasteiger partial charge in [0.15, 0.2) is 5.84 Å². The van der Waals surface area contributed by atoms with Gasteiger partial charge in [0.2, 0.25) is 0 Å². The van der Waals surface area contributed by atoms with Crippen LogP contribution in [0.15, 0.2) is 23.4 Å². The van der Waals surface area contributed by atoms with Crippen LogP contribution in [-0.4, -0.2) is 43.5 Å². The van der Waals surface area contributed by atoms with Crippen LogP contribution in [0.1, 0.15) is 17.5 Å². The normalized spacial score (nSPS) is 22.7. The Bertz CT molecular complexity index is 516. The molecule has 0 aromatic heterocycles. The van der Waals surface area contributed by atoms with Crippen molar-refractivity contribution in [1.29, 1.82) is 0 Å². The average Bonchev–Trinajstić information content (AvgIpc) is 2.97. The molecule has 0 aliphatic carbocycles. The first-order valence-electron chi connectivity index (χ1n) is 6.71. The van der Waals surface area contributed by atoms with Gasteiger partial charge < -0.3 is 25.7 Å². The van der Waals surface area contributed by atoms with Crippen LogP contribution in [0.3, 0.4) is 0 Å². The molecule has 2 rings (SSSR count). The summed E-state index contributed by atoms with van der Waals surface area (Å²) in [6.45, 7) is 2.09. The Hall–Kier alpha value is -1.70. The standard InChI is InChI=1S/C14H20FN3O3/c1-20-14(5-6-21-9-14)8-17-7-10-3-2-4-11(12(10)15)13(16)18-19/h2-4,17,19H,5-9H2,1H3,(H2,16,18). The van der Waals surface area contributed by atoms with Crippen LogP contribution in [0.4, 0.5) is 4.39 Å². The Labute approximate surface area is 122 Å². The smallest absolute Gasteiger partial charge is 0.173 e. The van der Waals surface area contributed by atoms with Crippen molar-refractivity contribution in [1.82, 2.24) is 5.32 Å². The molecule has 1 aromatic carbocycles. The molecule has 1 heterocycles. The maximum absolute atomic E-state index is 14.2. The monoisotopic (exact) mass is 297 g/mol. The second-order valence-electron chi connectivity index (χ2n) is 5.06. The van der Waals surface area contributed by atoms with E-state index in [4.69, 9.17) is 20.4 Å². The van der Waals surface area contributed by atoms with Gasteiger partial charge in [0.1, 0.15) is 11.4 Å². The minimum atomic E-state index is -0.491. The number of hydrogen-bond donors (Lipinski definition) is 3. The van der Waals surface area contributed by atoms with Crippen molar-refractivity contribution < 1.29 is 19.1 Å². The summed E-state index contributed by atoms with van der Waals surface area (Å²) >= 11 is 0. The summed E-state index contributed by atoms with van der Waals surface area (Å²) < 4.78 is 25.1. The number of nitrogens with one attached hydrogen (secondary N) is 1. The Morgan fingerprint density at radius 3 is 3.05 bits per heavy atom. The van der Waals surface area contributed by atoms with Crippen molar-refractivity contribution in [2.45, 2.75) is 18.6 Å². The second kappa shape index (κ2) is 6.84. The van der Waals surface area contributed by atoms with Crippen LogP contribution in [0.2, 0.25) is 0 Å². The lowest BCUT2D eigenvalue weighted by Gasteiger charge is -2.26. The van der Waals surface area contributed by atoms with Crippen molar-refractivity contribution in [2.24, 2.45) is 10.9 Å². The van der Waals surface area contributed by atoms with Crippen molar-refractivity contribution in [2.75, 3.05) is 26.9 Å². The first kappa shape index (κ1) is 15.7. The minimum absolute atomic E-state index is 0.0856. The number of nitrogens with two attached hydrogens (primary N) is 1. The van der Waals surface area contributed by atoms with E-state index in [0.29, 0.717) is 31.9 Å². The van der Waals surface area contributed by atoms with Gasteiger partial charge in [0, 0.05) is 38.8 Å². The zero-order chi connectivity index (χ0) is 15.3. The Balaban J connectivity index is 2.00. The highest BCUT2D eigenvalue weighted by atomic mass is 19.1. The predicted octanol–water partition coefficient (Wildman–Crippen LogP) is 0.815. The van der Waals surface area contributed by atoms with E-state index in [1.807, 2.05) is 0 Å². The molecule has 0 spiro atoms. The molecule has 1 aliphatic heterocycles. The van der Waals surface area contributed by atoms with Gasteiger partial charge in [0.05, 0.1) is 12.2 Å². The summed E-state index contributed by atoms with van der Waals surface area (Å²) in [6, 6.07) is 4.79. The zero-order valence-corrected chi connectivity index (χ0v) is 11.9. The molecule has 1 atom stereocenters. The number of benzene rings is 1. The maximum Gasteiger partial charge on any atom is 0.173 e. The fourth-order valence-electron chi connectivity index (χ4n) is 2.35.